The summed E-state index contributed by atoms with van der Waals surface area (Å²) in [4.78, 5) is 2.24. The van der Waals surface area contributed by atoms with E-state index in [0.717, 1.165) is 13.1 Å². The minimum atomic E-state index is -3.15. The fourth-order valence-electron chi connectivity index (χ4n) is 2.73. The van der Waals surface area contributed by atoms with Gasteiger partial charge in [-0.2, -0.15) is 4.31 Å². The van der Waals surface area contributed by atoms with E-state index in [2.05, 4.69) is 4.90 Å². The van der Waals surface area contributed by atoms with Gasteiger partial charge in [-0.15, -0.1) is 0 Å². The van der Waals surface area contributed by atoms with Gasteiger partial charge >= 0.3 is 0 Å². The Balaban J connectivity index is 1.95. The molecule has 0 aromatic carbocycles. The Morgan fingerprint density at radius 3 is 2.47 bits per heavy atom. The highest BCUT2D eigenvalue weighted by atomic mass is 32.2. The minimum Gasteiger partial charge on any atom is -0.387 e. The third kappa shape index (κ3) is 2.99. The molecule has 0 aromatic rings. The van der Waals surface area contributed by atoms with Crippen LogP contribution in [0.25, 0.3) is 0 Å². The molecule has 1 N–H and O–H groups in total. The number of nitrogens with zero attached hydrogens (tertiary/aromatic N) is 2. The predicted molar refractivity (Wildman–Crippen MR) is 66.3 cm³/mol. The highest BCUT2D eigenvalue weighted by Crippen LogP contribution is 2.26. The first-order valence-electron chi connectivity index (χ1n) is 6.38. The molecule has 0 aromatic heterocycles. The summed E-state index contributed by atoms with van der Waals surface area (Å²) in [5.41, 5.74) is -0.841. The molecule has 0 aliphatic carbocycles. The van der Waals surface area contributed by atoms with E-state index < -0.39 is 15.6 Å². The van der Waals surface area contributed by atoms with Crippen LogP contribution in [-0.4, -0.2) is 66.8 Å². The van der Waals surface area contributed by atoms with Crippen LogP contribution in [0.3, 0.4) is 0 Å². The van der Waals surface area contributed by atoms with Crippen molar-refractivity contribution in [1.29, 1.82) is 0 Å². The van der Waals surface area contributed by atoms with Crippen molar-refractivity contribution in [3.05, 3.63) is 0 Å². The van der Waals surface area contributed by atoms with Gasteiger partial charge < -0.3 is 10.0 Å². The van der Waals surface area contributed by atoms with Crippen LogP contribution in [0.4, 0.5) is 0 Å². The molecular formula is C11H22N2O3S. The van der Waals surface area contributed by atoms with Crippen LogP contribution in [-0.2, 0) is 10.0 Å². The molecule has 0 unspecified atom stereocenters. The monoisotopic (exact) mass is 262 g/mol. The summed E-state index contributed by atoms with van der Waals surface area (Å²) >= 11 is 0. The first-order valence-corrected chi connectivity index (χ1v) is 7.99. The molecule has 17 heavy (non-hydrogen) atoms. The Bertz CT molecular complexity index is 365. The molecule has 0 saturated carbocycles. The zero-order valence-corrected chi connectivity index (χ0v) is 11.2. The van der Waals surface area contributed by atoms with Crippen molar-refractivity contribution in [2.24, 2.45) is 0 Å². The van der Waals surface area contributed by atoms with Crippen LogP contribution in [0.5, 0.6) is 0 Å². The summed E-state index contributed by atoms with van der Waals surface area (Å²) in [6, 6.07) is 0. The molecule has 2 aliphatic heterocycles. The fraction of sp³-hybridized carbons (Fsp3) is 1.00. The molecule has 2 saturated heterocycles. The fourth-order valence-corrected chi connectivity index (χ4v) is 3.90. The van der Waals surface area contributed by atoms with Gasteiger partial charge in [0.1, 0.15) is 0 Å². The van der Waals surface area contributed by atoms with Crippen LogP contribution in [0.1, 0.15) is 26.2 Å². The Morgan fingerprint density at radius 2 is 1.88 bits per heavy atom. The molecule has 6 heteroatoms. The second-order valence-corrected chi connectivity index (χ2v) is 7.45. The maximum absolute atomic E-state index is 11.7. The molecule has 1 atom stereocenters. The maximum atomic E-state index is 11.7. The lowest BCUT2D eigenvalue weighted by Gasteiger charge is -2.28. The van der Waals surface area contributed by atoms with E-state index in [1.165, 1.54) is 17.1 Å². The molecule has 0 spiro atoms. The van der Waals surface area contributed by atoms with Gasteiger partial charge in [-0.25, -0.2) is 8.42 Å². The third-order valence-electron chi connectivity index (χ3n) is 3.77. The number of likely N-dealkylation sites (tertiary alicyclic amines) is 1. The molecule has 2 rings (SSSR count). The first-order chi connectivity index (χ1) is 7.95. The Kier molecular flexibility index (Phi) is 3.77. The molecular weight excluding hydrogens is 240 g/mol. The SMILES string of the molecule is CCS(=O)(=O)N1CC[C@@](O)(CN2CCCC2)C1. The number of hydrogen-bond acceptors (Lipinski definition) is 4. The first kappa shape index (κ1) is 13.3. The number of hydrogen-bond donors (Lipinski definition) is 1. The lowest BCUT2D eigenvalue weighted by atomic mass is 10.0. The number of aliphatic hydroxyl groups is 1. The van der Waals surface area contributed by atoms with Crippen LogP contribution in [0.15, 0.2) is 0 Å². The van der Waals surface area contributed by atoms with Crippen LogP contribution >= 0.6 is 0 Å². The summed E-state index contributed by atoms with van der Waals surface area (Å²) in [6.07, 6.45) is 2.93. The summed E-state index contributed by atoms with van der Waals surface area (Å²) in [7, 11) is -3.15. The summed E-state index contributed by atoms with van der Waals surface area (Å²) in [6.45, 7) is 5.04. The Labute approximate surface area is 103 Å². The van der Waals surface area contributed by atoms with E-state index in [4.69, 9.17) is 0 Å². The molecule has 2 heterocycles. The highest BCUT2D eigenvalue weighted by Gasteiger charge is 2.41. The summed E-state index contributed by atoms with van der Waals surface area (Å²) < 4.78 is 24.9. The van der Waals surface area contributed by atoms with Crippen molar-refractivity contribution in [3.8, 4) is 0 Å². The van der Waals surface area contributed by atoms with Crippen LogP contribution < -0.4 is 0 Å². The second kappa shape index (κ2) is 4.84. The third-order valence-corrected chi connectivity index (χ3v) is 5.60. The smallest absolute Gasteiger partial charge is 0.213 e. The normalized spacial score (nSPS) is 32.4. The molecule has 100 valence electrons. The molecule has 0 bridgehead atoms. The van der Waals surface area contributed by atoms with Crippen molar-refractivity contribution in [3.63, 3.8) is 0 Å². The number of rotatable bonds is 4. The molecule has 2 fully saturated rings. The second-order valence-electron chi connectivity index (χ2n) is 5.19. The van der Waals surface area contributed by atoms with Crippen molar-refractivity contribution < 1.29 is 13.5 Å². The predicted octanol–water partition coefficient (Wildman–Crippen LogP) is -0.131. The van der Waals surface area contributed by atoms with Gasteiger partial charge in [0.25, 0.3) is 0 Å². The van der Waals surface area contributed by atoms with Gasteiger partial charge in [0.15, 0.2) is 0 Å². The van der Waals surface area contributed by atoms with Crippen molar-refractivity contribution in [2.75, 3.05) is 38.5 Å². The lowest BCUT2D eigenvalue weighted by Crippen LogP contribution is -2.45. The van der Waals surface area contributed by atoms with Crippen molar-refractivity contribution >= 4 is 10.0 Å². The molecule has 0 amide bonds. The maximum Gasteiger partial charge on any atom is 0.213 e. The van der Waals surface area contributed by atoms with Gasteiger partial charge in [-0.05, 0) is 39.3 Å². The van der Waals surface area contributed by atoms with Gasteiger partial charge in [0.2, 0.25) is 10.0 Å². The standard InChI is InChI=1S/C11H22N2O3S/c1-2-17(15,16)13-8-5-11(14,10-13)9-12-6-3-4-7-12/h14H,2-10H2,1H3/t11-/m1/s1. The van der Waals surface area contributed by atoms with E-state index in [9.17, 15) is 13.5 Å². The summed E-state index contributed by atoms with van der Waals surface area (Å²) in [5, 5.41) is 10.4. The van der Waals surface area contributed by atoms with Crippen molar-refractivity contribution in [2.45, 2.75) is 31.8 Å². The minimum absolute atomic E-state index is 0.118. The molecule has 5 nitrogen and oxygen atoms in total. The largest absolute Gasteiger partial charge is 0.387 e. The quantitative estimate of drug-likeness (QED) is 0.766. The van der Waals surface area contributed by atoms with E-state index >= 15 is 0 Å². The Morgan fingerprint density at radius 1 is 1.24 bits per heavy atom. The lowest BCUT2D eigenvalue weighted by molar-refractivity contribution is 0.0233. The van der Waals surface area contributed by atoms with E-state index in [1.54, 1.807) is 6.92 Å². The van der Waals surface area contributed by atoms with Gasteiger partial charge in [-0.3, -0.25) is 0 Å². The number of sulfonamides is 1. The number of β-amino-alcohol motifs (C(OH)–C–C–N with tert-alkyl or cyclic N) is 1. The van der Waals surface area contributed by atoms with Gasteiger partial charge in [0, 0.05) is 19.6 Å². The zero-order chi connectivity index (χ0) is 12.5. The van der Waals surface area contributed by atoms with Crippen LogP contribution in [0.2, 0.25) is 0 Å². The molecule has 2 aliphatic rings. The topological polar surface area (TPSA) is 60.9 Å². The molecule has 0 radical (unpaired) electrons. The van der Waals surface area contributed by atoms with E-state index in [1.807, 2.05) is 0 Å². The average molecular weight is 262 g/mol. The van der Waals surface area contributed by atoms with Crippen LogP contribution in [0, 0.1) is 0 Å². The Hall–Kier alpha value is -0.170. The average Bonchev–Trinajstić information content (AvgIpc) is 2.89. The van der Waals surface area contributed by atoms with E-state index in [0.29, 0.717) is 19.5 Å². The summed E-state index contributed by atoms with van der Waals surface area (Å²) in [5.74, 6) is 0.118. The van der Waals surface area contributed by atoms with E-state index in [-0.39, 0.29) is 12.3 Å². The van der Waals surface area contributed by atoms with Crippen molar-refractivity contribution in [1.82, 2.24) is 9.21 Å². The zero-order valence-electron chi connectivity index (χ0n) is 10.4. The van der Waals surface area contributed by atoms with Gasteiger partial charge in [-0.1, -0.05) is 0 Å². The highest BCUT2D eigenvalue weighted by molar-refractivity contribution is 7.89. The van der Waals surface area contributed by atoms with Gasteiger partial charge in [0.05, 0.1) is 11.4 Å².